The van der Waals surface area contributed by atoms with Crippen molar-refractivity contribution in [2.45, 2.75) is 6.61 Å². The van der Waals surface area contributed by atoms with Gasteiger partial charge in [-0.3, -0.25) is 20.0 Å². The second-order valence-electron chi connectivity index (χ2n) is 6.99. The molecule has 3 heterocycles. The lowest BCUT2D eigenvalue weighted by atomic mass is 10.0. The Balaban J connectivity index is 1.40. The minimum Gasteiger partial charge on any atom is -0.487 e. The summed E-state index contributed by atoms with van der Waals surface area (Å²) < 4.78 is 5.90. The summed E-state index contributed by atoms with van der Waals surface area (Å²) in [6.45, 7) is 0.323. The molecule has 6 nitrogen and oxygen atoms in total. The first-order chi connectivity index (χ1) is 15.2. The fraction of sp³-hybridized carbons (Fsp3) is 0.0417. The molecular formula is C24H17ClN4O2. The molecule has 3 aromatic heterocycles. The quantitative estimate of drug-likeness (QED) is 0.402. The molecule has 0 spiro atoms. The summed E-state index contributed by atoms with van der Waals surface area (Å²) in [6, 6.07) is 20.9. The summed E-state index contributed by atoms with van der Waals surface area (Å²) in [4.78, 5) is 21.0. The lowest BCUT2D eigenvalue weighted by Crippen LogP contribution is -2.01. The van der Waals surface area contributed by atoms with Crippen LogP contribution in [-0.2, 0) is 6.61 Å². The molecule has 5 aromatic rings. The third-order valence-corrected chi connectivity index (χ3v) is 5.31. The Hall–Kier alpha value is -3.90. The van der Waals surface area contributed by atoms with Gasteiger partial charge in [-0.2, -0.15) is 0 Å². The van der Waals surface area contributed by atoms with Gasteiger partial charge in [-0.15, -0.1) is 0 Å². The van der Waals surface area contributed by atoms with Gasteiger partial charge in [0, 0.05) is 23.3 Å². The van der Waals surface area contributed by atoms with Gasteiger partial charge in [0.2, 0.25) is 0 Å². The number of ether oxygens (including phenoxy) is 1. The Morgan fingerprint density at radius 1 is 0.935 bits per heavy atom. The van der Waals surface area contributed by atoms with Crippen molar-refractivity contribution < 1.29 is 4.74 Å². The van der Waals surface area contributed by atoms with Crippen molar-refractivity contribution in [1.82, 2.24) is 20.2 Å². The topological polar surface area (TPSA) is 83.7 Å². The average molecular weight is 429 g/mol. The maximum Gasteiger partial charge on any atom is 0.272 e. The van der Waals surface area contributed by atoms with E-state index in [0.29, 0.717) is 34.2 Å². The summed E-state index contributed by atoms with van der Waals surface area (Å²) in [7, 11) is 0. The predicted octanol–water partition coefficient (Wildman–Crippen LogP) is 5.21. The molecule has 0 unspecified atom stereocenters. The Morgan fingerprint density at radius 3 is 2.61 bits per heavy atom. The van der Waals surface area contributed by atoms with Crippen LogP contribution in [0.15, 0.2) is 83.9 Å². The van der Waals surface area contributed by atoms with Crippen LogP contribution in [0.4, 0.5) is 0 Å². The molecule has 0 amide bonds. The van der Waals surface area contributed by atoms with Crippen LogP contribution in [-0.4, -0.2) is 20.2 Å². The molecule has 2 N–H and O–H groups in total. The van der Waals surface area contributed by atoms with E-state index in [1.807, 2.05) is 48.5 Å². The first kappa shape index (κ1) is 19.1. The fourth-order valence-electron chi connectivity index (χ4n) is 3.49. The second-order valence-corrected chi connectivity index (χ2v) is 7.40. The third-order valence-electron chi connectivity index (χ3n) is 5.00. The molecule has 2 aromatic carbocycles. The van der Waals surface area contributed by atoms with E-state index in [4.69, 9.17) is 16.3 Å². The van der Waals surface area contributed by atoms with Crippen molar-refractivity contribution in [2.75, 3.05) is 0 Å². The van der Waals surface area contributed by atoms with Gasteiger partial charge in [0.25, 0.3) is 5.56 Å². The molecule has 31 heavy (non-hydrogen) atoms. The second kappa shape index (κ2) is 8.08. The van der Waals surface area contributed by atoms with Crippen LogP contribution in [0.2, 0.25) is 5.02 Å². The standard InChI is InChI=1S/C24H17ClN4O2/c25-20-13-18(31-14-17-6-5-15-3-1-2-4-21(15)27-17)7-8-19(20)23-22(24(30)29-28-23)16-9-11-26-12-10-16/h1-13H,14H2,(H2,28,29,30). The SMILES string of the molecule is O=c1[nH][nH]c(-c2ccc(OCc3ccc4ccccc4n3)cc2Cl)c1-c1ccncc1. The van der Waals surface area contributed by atoms with E-state index >= 15 is 0 Å². The molecule has 0 saturated heterocycles. The highest BCUT2D eigenvalue weighted by Gasteiger charge is 2.16. The van der Waals surface area contributed by atoms with Crippen LogP contribution in [0.3, 0.4) is 0 Å². The van der Waals surface area contributed by atoms with Crippen LogP contribution in [0, 0.1) is 0 Å². The molecule has 0 bridgehead atoms. The maximum absolute atomic E-state index is 12.4. The fourth-order valence-corrected chi connectivity index (χ4v) is 3.75. The van der Waals surface area contributed by atoms with Gasteiger partial charge >= 0.3 is 0 Å². The number of rotatable bonds is 5. The molecule has 0 atom stereocenters. The number of nitrogens with zero attached hydrogens (tertiary/aromatic N) is 2. The zero-order valence-corrected chi connectivity index (χ0v) is 17.1. The first-order valence-corrected chi connectivity index (χ1v) is 10.1. The highest BCUT2D eigenvalue weighted by Crippen LogP contribution is 2.34. The largest absolute Gasteiger partial charge is 0.487 e. The summed E-state index contributed by atoms with van der Waals surface area (Å²) in [5.74, 6) is 0.618. The number of pyridine rings is 2. The number of H-pyrrole nitrogens is 2. The van der Waals surface area contributed by atoms with E-state index in [1.165, 1.54) is 0 Å². The van der Waals surface area contributed by atoms with Gasteiger partial charge in [0.15, 0.2) is 0 Å². The minimum absolute atomic E-state index is 0.222. The van der Waals surface area contributed by atoms with E-state index < -0.39 is 0 Å². The lowest BCUT2D eigenvalue weighted by Gasteiger charge is -2.10. The number of hydrogen-bond acceptors (Lipinski definition) is 4. The van der Waals surface area contributed by atoms with Crippen LogP contribution in [0.25, 0.3) is 33.3 Å². The Kier molecular flexibility index (Phi) is 4.98. The zero-order chi connectivity index (χ0) is 21.2. The van der Waals surface area contributed by atoms with Crippen molar-refractivity contribution >= 4 is 22.5 Å². The highest BCUT2D eigenvalue weighted by atomic mass is 35.5. The molecule has 152 valence electrons. The number of nitrogens with one attached hydrogen (secondary N) is 2. The minimum atomic E-state index is -0.222. The van der Waals surface area contributed by atoms with Crippen molar-refractivity contribution in [2.24, 2.45) is 0 Å². The monoisotopic (exact) mass is 428 g/mol. The van der Waals surface area contributed by atoms with E-state index in [1.54, 1.807) is 30.6 Å². The maximum atomic E-state index is 12.4. The highest BCUT2D eigenvalue weighted by molar-refractivity contribution is 6.33. The van der Waals surface area contributed by atoms with E-state index in [-0.39, 0.29) is 5.56 Å². The molecule has 7 heteroatoms. The van der Waals surface area contributed by atoms with Crippen molar-refractivity contribution in [3.8, 4) is 28.1 Å². The molecule has 0 fully saturated rings. The van der Waals surface area contributed by atoms with E-state index in [9.17, 15) is 4.79 Å². The van der Waals surface area contributed by atoms with Crippen molar-refractivity contribution in [3.05, 3.63) is 100 Å². The Labute approximate surface area is 182 Å². The van der Waals surface area contributed by atoms with Crippen LogP contribution < -0.4 is 10.3 Å². The van der Waals surface area contributed by atoms with Crippen molar-refractivity contribution in [3.63, 3.8) is 0 Å². The zero-order valence-electron chi connectivity index (χ0n) is 16.3. The van der Waals surface area contributed by atoms with Gasteiger partial charge in [0.1, 0.15) is 12.4 Å². The average Bonchev–Trinajstić information content (AvgIpc) is 3.19. The van der Waals surface area contributed by atoms with E-state index in [2.05, 4.69) is 20.2 Å². The van der Waals surface area contributed by atoms with Crippen LogP contribution in [0.1, 0.15) is 5.69 Å². The number of fused-ring (bicyclic) bond motifs is 1. The van der Waals surface area contributed by atoms with Gasteiger partial charge in [-0.1, -0.05) is 35.9 Å². The van der Waals surface area contributed by atoms with Crippen molar-refractivity contribution in [1.29, 1.82) is 0 Å². The van der Waals surface area contributed by atoms with Crippen LogP contribution >= 0.6 is 11.6 Å². The van der Waals surface area contributed by atoms with Gasteiger partial charge in [-0.05, 0) is 48.0 Å². The first-order valence-electron chi connectivity index (χ1n) is 9.67. The summed E-state index contributed by atoms with van der Waals surface area (Å²) in [5, 5.41) is 7.12. The molecule has 0 aliphatic carbocycles. The predicted molar refractivity (Wildman–Crippen MR) is 121 cm³/mol. The van der Waals surface area contributed by atoms with Gasteiger partial charge in [-0.25, -0.2) is 4.98 Å². The van der Waals surface area contributed by atoms with Gasteiger partial charge in [0.05, 0.1) is 27.5 Å². The number of para-hydroxylation sites is 1. The third kappa shape index (κ3) is 3.81. The summed E-state index contributed by atoms with van der Waals surface area (Å²) in [5.41, 5.74) is 4.11. The molecule has 5 rings (SSSR count). The number of aromatic amines is 2. The molecule has 0 saturated carbocycles. The normalized spacial score (nSPS) is 11.0. The smallest absolute Gasteiger partial charge is 0.272 e. The Morgan fingerprint density at radius 2 is 1.77 bits per heavy atom. The molecule has 0 radical (unpaired) electrons. The van der Waals surface area contributed by atoms with E-state index in [0.717, 1.165) is 22.2 Å². The van der Waals surface area contributed by atoms with Crippen LogP contribution in [0.5, 0.6) is 5.75 Å². The number of benzene rings is 2. The van der Waals surface area contributed by atoms with Gasteiger partial charge < -0.3 is 4.74 Å². The lowest BCUT2D eigenvalue weighted by molar-refractivity contribution is 0.302. The Bertz CT molecular complexity index is 1430. The number of halogens is 1. The number of hydrogen-bond donors (Lipinski definition) is 2. The summed E-state index contributed by atoms with van der Waals surface area (Å²) in [6.07, 6.45) is 3.29. The summed E-state index contributed by atoms with van der Waals surface area (Å²) >= 11 is 6.55. The number of aromatic nitrogens is 4. The molecular weight excluding hydrogens is 412 g/mol. The molecule has 0 aliphatic heterocycles. The molecule has 0 aliphatic rings.